The fourth-order valence-electron chi connectivity index (χ4n) is 2.43. The molecule has 0 bridgehead atoms. The number of ether oxygens (including phenoxy) is 1. The van der Waals surface area contributed by atoms with E-state index in [1.54, 1.807) is 12.1 Å². The molecule has 134 valence electrons. The fourth-order valence-corrected chi connectivity index (χ4v) is 3.24. The molecular weight excluding hydrogens is 350 g/mol. The number of nitrogens with one attached hydrogen (secondary N) is 1. The van der Waals surface area contributed by atoms with E-state index in [1.807, 2.05) is 0 Å². The Balaban J connectivity index is 1.72. The highest BCUT2D eigenvalue weighted by Crippen LogP contribution is 2.26. The van der Waals surface area contributed by atoms with Crippen LogP contribution >= 0.6 is 11.3 Å². The van der Waals surface area contributed by atoms with Crippen molar-refractivity contribution in [1.82, 2.24) is 9.97 Å². The van der Waals surface area contributed by atoms with Gasteiger partial charge in [-0.15, -0.1) is 0 Å². The van der Waals surface area contributed by atoms with Crippen LogP contribution < -0.4 is 5.32 Å². The molecule has 2 aromatic heterocycles. The third-order valence-electron chi connectivity index (χ3n) is 3.83. The number of aliphatic hydroxyl groups is 4. The molecule has 0 spiro atoms. The van der Waals surface area contributed by atoms with Gasteiger partial charge in [0.2, 0.25) is 5.78 Å². The van der Waals surface area contributed by atoms with Gasteiger partial charge in [-0.05, 0) is 12.1 Å². The van der Waals surface area contributed by atoms with E-state index in [1.165, 1.54) is 18.6 Å². The number of aliphatic hydroxyl groups excluding tert-OH is 4. The summed E-state index contributed by atoms with van der Waals surface area (Å²) in [6.07, 6.45) is -2.04. The minimum absolute atomic E-state index is 0.221. The highest BCUT2D eigenvalue weighted by atomic mass is 32.1. The van der Waals surface area contributed by atoms with Gasteiger partial charge in [0.25, 0.3) is 0 Å². The summed E-state index contributed by atoms with van der Waals surface area (Å²) < 4.78 is 5.34. The molecule has 0 unspecified atom stereocenters. The SMILES string of the molecule is O=C(c1ccncc1)c1cnc(N[C@@H]2O[C@H](CO)[C@@H](O)[C@H](O)[C@@H]2O)s1. The van der Waals surface area contributed by atoms with E-state index in [0.717, 1.165) is 11.3 Å². The number of hydrogen-bond donors (Lipinski definition) is 5. The lowest BCUT2D eigenvalue weighted by molar-refractivity contribution is -0.221. The van der Waals surface area contributed by atoms with E-state index in [0.29, 0.717) is 15.6 Å². The van der Waals surface area contributed by atoms with E-state index >= 15 is 0 Å². The Hall–Kier alpha value is -1.95. The molecule has 9 nitrogen and oxygen atoms in total. The molecule has 5 N–H and O–H groups in total. The number of nitrogens with zero attached hydrogens (tertiary/aromatic N) is 2. The van der Waals surface area contributed by atoms with E-state index in [4.69, 9.17) is 4.74 Å². The van der Waals surface area contributed by atoms with Gasteiger partial charge < -0.3 is 30.5 Å². The van der Waals surface area contributed by atoms with Crippen molar-refractivity contribution >= 4 is 22.3 Å². The van der Waals surface area contributed by atoms with Gasteiger partial charge in [0, 0.05) is 18.0 Å². The van der Waals surface area contributed by atoms with Crippen molar-refractivity contribution in [2.75, 3.05) is 11.9 Å². The number of ketones is 1. The zero-order valence-corrected chi connectivity index (χ0v) is 13.7. The zero-order valence-electron chi connectivity index (χ0n) is 12.9. The monoisotopic (exact) mass is 367 g/mol. The molecule has 1 fully saturated rings. The number of thiazole rings is 1. The van der Waals surface area contributed by atoms with Crippen molar-refractivity contribution in [3.8, 4) is 0 Å². The summed E-state index contributed by atoms with van der Waals surface area (Å²) in [6.45, 7) is -0.521. The Kier molecular flexibility index (Phi) is 5.37. The predicted octanol–water partition coefficient (Wildman–Crippen LogP) is -1.02. The van der Waals surface area contributed by atoms with Crippen LogP contribution in [0.1, 0.15) is 15.2 Å². The Morgan fingerprint density at radius 1 is 1.20 bits per heavy atom. The summed E-state index contributed by atoms with van der Waals surface area (Å²) in [5.41, 5.74) is 0.470. The van der Waals surface area contributed by atoms with Crippen LogP contribution in [0.15, 0.2) is 30.7 Å². The van der Waals surface area contributed by atoms with Crippen LogP contribution in [0, 0.1) is 0 Å². The molecule has 3 heterocycles. The first-order valence-electron chi connectivity index (χ1n) is 7.49. The Morgan fingerprint density at radius 3 is 2.60 bits per heavy atom. The number of carbonyl (C=O) groups is 1. The van der Waals surface area contributed by atoms with E-state index < -0.39 is 37.3 Å². The Morgan fingerprint density at radius 2 is 1.92 bits per heavy atom. The third-order valence-corrected chi connectivity index (χ3v) is 4.76. The lowest BCUT2D eigenvalue weighted by atomic mass is 9.98. The minimum atomic E-state index is -1.48. The van der Waals surface area contributed by atoms with Gasteiger partial charge in [0.05, 0.1) is 17.7 Å². The highest BCUT2D eigenvalue weighted by molar-refractivity contribution is 7.17. The van der Waals surface area contributed by atoms with E-state index in [-0.39, 0.29) is 5.78 Å². The predicted molar refractivity (Wildman–Crippen MR) is 87.2 cm³/mol. The first-order valence-corrected chi connectivity index (χ1v) is 8.30. The number of hydrogen-bond acceptors (Lipinski definition) is 10. The quantitative estimate of drug-likeness (QED) is 0.419. The van der Waals surface area contributed by atoms with Gasteiger partial charge in [-0.25, -0.2) is 4.98 Å². The van der Waals surface area contributed by atoms with Crippen LogP contribution in [0.25, 0.3) is 0 Å². The van der Waals surface area contributed by atoms with Gasteiger partial charge in [0.1, 0.15) is 24.4 Å². The lowest BCUT2D eigenvalue weighted by Gasteiger charge is -2.40. The third kappa shape index (κ3) is 3.68. The van der Waals surface area contributed by atoms with Gasteiger partial charge in [-0.3, -0.25) is 9.78 Å². The first-order chi connectivity index (χ1) is 12.0. The van der Waals surface area contributed by atoms with Crippen LogP contribution in [0.4, 0.5) is 5.13 Å². The first kappa shape index (κ1) is 17.9. The maximum absolute atomic E-state index is 12.3. The number of aromatic nitrogens is 2. The average Bonchev–Trinajstić information content (AvgIpc) is 3.11. The zero-order chi connectivity index (χ0) is 18.0. The maximum atomic E-state index is 12.3. The molecule has 2 aromatic rings. The van der Waals surface area contributed by atoms with Crippen LogP contribution in [0.3, 0.4) is 0 Å². The molecule has 3 rings (SSSR count). The second-order valence-electron chi connectivity index (χ2n) is 5.49. The van der Waals surface area contributed by atoms with Crippen molar-refractivity contribution in [3.05, 3.63) is 41.2 Å². The van der Waals surface area contributed by atoms with Crippen LogP contribution in [-0.4, -0.2) is 73.4 Å². The van der Waals surface area contributed by atoms with Crippen LogP contribution in [0.5, 0.6) is 0 Å². The molecule has 10 heteroatoms. The summed E-state index contributed by atoms with van der Waals surface area (Å²) in [6, 6.07) is 3.18. The molecule has 25 heavy (non-hydrogen) atoms. The normalized spacial score (nSPS) is 29.4. The number of anilines is 1. The molecule has 1 aliphatic heterocycles. The number of carbonyl (C=O) groups excluding carboxylic acids is 1. The smallest absolute Gasteiger partial charge is 0.204 e. The van der Waals surface area contributed by atoms with Gasteiger partial charge in [0.15, 0.2) is 11.4 Å². The Bertz CT molecular complexity index is 725. The highest BCUT2D eigenvalue weighted by Gasteiger charge is 2.43. The Labute approximate surface area is 146 Å². The fraction of sp³-hybridized carbons (Fsp3) is 0.400. The topological polar surface area (TPSA) is 145 Å². The molecule has 1 aliphatic rings. The largest absolute Gasteiger partial charge is 0.394 e. The van der Waals surface area contributed by atoms with Crippen molar-refractivity contribution in [3.63, 3.8) is 0 Å². The maximum Gasteiger partial charge on any atom is 0.204 e. The molecule has 1 saturated heterocycles. The molecular formula is C15H17N3O6S. The molecule has 0 aromatic carbocycles. The molecule has 0 amide bonds. The number of rotatable bonds is 5. The standard InChI is InChI=1S/C15H17N3O6S/c19-6-8-11(21)12(22)13(23)14(24-8)18-15-17-5-9(25-15)10(20)7-1-3-16-4-2-7/h1-5,8,11-14,19,21-23H,6H2,(H,17,18)/t8-,11-,12+,13+,14-/m1/s1. The van der Waals surface area contributed by atoms with Crippen molar-refractivity contribution in [1.29, 1.82) is 0 Å². The molecule has 0 aliphatic carbocycles. The van der Waals surface area contributed by atoms with E-state index in [9.17, 15) is 25.2 Å². The van der Waals surface area contributed by atoms with Crippen LogP contribution in [0.2, 0.25) is 0 Å². The summed E-state index contributed by atoms with van der Waals surface area (Å²) in [7, 11) is 0. The van der Waals surface area contributed by atoms with E-state index in [2.05, 4.69) is 15.3 Å². The average molecular weight is 367 g/mol. The summed E-state index contributed by atoms with van der Waals surface area (Å²) >= 11 is 1.05. The van der Waals surface area contributed by atoms with Gasteiger partial charge >= 0.3 is 0 Å². The molecule has 5 atom stereocenters. The minimum Gasteiger partial charge on any atom is -0.394 e. The summed E-state index contributed by atoms with van der Waals surface area (Å²) in [5.74, 6) is -0.221. The van der Waals surface area contributed by atoms with Crippen LogP contribution in [-0.2, 0) is 4.74 Å². The van der Waals surface area contributed by atoms with Crippen molar-refractivity contribution < 1.29 is 30.0 Å². The second kappa shape index (κ2) is 7.52. The molecule has 0 radical (unpaired) electrons. The molecule has 0 saturated carbocycles. The van der Waals surface area contributed by atoms with Gasteiger partial charge in [-0.2, -0.15) is 0 Å². The second-order valence-corrected chi connectivity index (χ2v) is 6.52. The summed E-state index contributed by atoms with van der Waals surface area (Å²) in [4.78, 5) is 20.6. The number of pyridine rings is 1. The van der Waals surface area contributed by atoms with Gasteiger partial charge in [-0.1, -0.05) is 11.3 Å². The van der Waals surface area contributed by atoms with Crippen molar-refractivity contribution in [2.45, 2.75) is 30.6 Å². The lowest BCUT2D eigenvalue weighted by Crippen LogP contribution is -2.60. The van der Waals surface area contributed by atoms with Crippen molar-refractivity contribution in [2.24, 2.45) is 0 Å². The summed E-state index contributed by atoms with van der Waals surface area (Å²) in [5, 5.41) is 41.8.